The van der Waals surface area contributed by atoms with Gasteiger partial charge in [-0.25, -0.2) is 4.98 Å². The quantitative estimate of drug-likeness (QED) is 0.542. The number of nitrogens with zero attached hydrogens (tertiary/aromatic N) is 1. The van der Waals surface area contributed by atoms with Crippen molar-refractivity contribution < 1.29 is 9.47 Å². The second-order valence-corrected chi connectivity index (χ2v) is 8.36. The van der Waals surface area contributed by atoms with Gasteiger partial charge in [-0.2, -0.15) is 0 Å². The third kappa shape index (κ3) is 3.86. The Kier molecular flexibility index (Phi) is 5.17. The smallest absolute Gasteiger partial charge is 0.124 e. The minimum atomic E-state index is 0.649. The van der Waals surface area contributed by atoms with E-state index in [1.54, 1.807) is 18.4 Å². The minimum Gasteiger partial charge on any atom is -0.497 e. The Hall–Kier alpha value is -2.33. The molecule has 0 unspecified atom stereocenters. The van der Waals surface area contributed by atoms with E-state index >= 15 is 0 Å². The molecule has 0 N–H and O–H groups in total. The molecule has 140 valence electrons. The van der Waals surface area contributed by atoms with Gasteiger partial charge in [-0.3, -0.25) is 0 Å². The summed E-state index contributed by atoms with van der Waals surface area (Å²) >= 11 is 1.73. The number of hydrogen-bond donors (Lipinski definition) is 0. The molecule has 3 aromatic rings. The topological polar surface area (TPSA) is 31.4 Å². The van der Waals surface area contributed by atoms with Crippen LogP contribution in [0.5, 0.6) is 11.5 Å². The van der Waals surface area contributed by atoms with Crippen molar-refractivity contribution in [2.45, 2.75) is 39.0 Å². The van der Waals surface area contributed by atoms with Crippen LogP contribution in [0.3, 0.4) is 0 Å². The SMILES string of the molecule is COc1cccc(-c2nc(CCOc3ccc4c(c3)CC[C@H]4C)c(C)s2)c1. The van der Waals surface area contributed by atoms with Gasteiger partial charge < -0.3 is 9.47 Å². The lowest BCUT2D eigenvalue weighted by Gasteiger charge is -2.09. The highest BCUT2D eigenvalue weighted by molar-refractivity contribution is 7.15. The van der Waals surface area contributed by atoms with E-state index in [2.05, 4.69) is 38.1 Å². The summed E-state index contributed by atoms with van der Waals surface area (Å²) in [6.07, 6.45) is 3.24. The molecule has 0 saturated carbocycles. The number of hydrogen-bond acceptors (Lipinski definition) is 4. The molecule has 0 saturated heterocycles. The summed E-state index contributed by atoms with van der Waals surface area (Å²) < 4.78 is 11.3. The second-order valence-electron chi connectivity index (χ2n) is 7.15. The Bertz CT molecular complexity index is 947. The molecule has 0 bridgehead atoms. The Morgan fingerprint density at radius 1 is 1.15 bits per heavy atom. The maximum Gasteiger partial charge on any atom is 0.124 e. The average molecular weight is 380 g/mol. The second kappa shape index (κ2) is 7.73. The van der Waals surface area contributed by atoms with E-state index in [9.17, 15) is 0 Å². The van der Waals surface area contributed by atoms with Crippen LogP contribution in [-0.4, -0.2) is 18.7 Å². The van der Waals surface area contributed by atoms with Crippen LogP contribution in [0.15, 0.2) is 42.5 Å². The standard InChI is InChI=1S/C23H25NO2S/c1-15-7-8-17-13-20(9-10-21(15)17)26-12-11-22-16(2)27-23(24-22)18-5-4-6-19(14-18)25-3/h4-6,9-10,13-15H,7-8,11-12H2,1-3H3/t15-/m1/s1. The van der Waals surface area contributed by atoms with Crippen LogP contribution in [0.1, 0.15) is 41.0 Å². The molecule has 1 heterocycles. The van der Waals surface area contributed by atoms with Gasteiger partial charge in [-0.05, 0) is 61.1 Å². The first-order valence-corrected chi connectivity index (χ1v) is 10.3. The normalized spacial score (nSPS) is 15.6. The lowest BCUT2D eigenvalue weighted by Crippen LogP contribution is -2.03. The number of aromatic nitrogens is 1. The molecule has 4 rings (SSSR count). The van der Waals surface area contributed by atoms with E-state index in [-0.39, 0.29) is 0 Å². The number of benzene rings is 2. The Morgan fingerprint density at radius 3 is 2.89 bits per heavy atom. The zero-order valence-corrected chi connectivity index (χ0v) is 16.9. The van der Waals surface area contributed by atoms with E-state index < -0.39 is 0 Å². The molecule has 0 aliphatic heterocycles. The van der Waals surface area contributed by atoms with Crippen LogP contribution >= 0.6 is 11.3 Å². The Morgan fingerprint density at radius 2 is 2.04 bits per heavy atom. The van der Waals surface area contributed by atoms with Gasteiger partial charge in [-0.1, -0.05) is 25.1 Å². The van der Waals surface area contributed by atoms with Gasteiger partial charge in [-0.15, -0.1) is 11.3 Å². The Labute approximate surface area is 165 Å². The van der Waals surface area contributed by atoms with Gasteiger partial charge >= 0.3 is 0 Å². The lowest BCUT2D eigenvalue weighted by atomic mass is 10.0. The van der Waals surface area contributed by atoms with Gasteiger partial charge in [0.05, 0.1) is 19.4 Å². The molecule has 1 atom stereocenters. The van der Waals surface area contributed by atoms with Crippen LogP contribution in [0, 0.1) is 6.92 Å². The largest absolute Gasteiger partial charge is 0.497 e. The molecular weight excluding hydrogens is 354 g/mol. The summed E-state index contributed by atoms with van der Waals surface area (Å²) in [5, 5.41) is 1.04. The van der Waals surface area contributed by atoms with E-state index in [4.69, 9.17) is 14.5 Å². The number of aryl methyl sites for hydroxylation is 2. The highest BCUT2D eigenvalue weighted by Gasteiger charge is 2.18. The third-order valence-corrected chi connectivity index (χ3v) is 6.37. The van der Waals surface area contributed by atoms with Gasteiger partial charge in [0, 0.05) is 16.9 Å². The van der Waals surface area contributed by atoms with Crippen molar-refractivity contribution in [1.29, 1.82) is 0 Å². The van der Waals surface area contributed by atoms with Crippen LogP contribution in [0.4, 0.5) is 0 Å². The number of rotatable bonds is 6. The molecular formula is C23H25NO2S. The van der Waals surface area contributed by atoms with Gasteiger partial charge in [0.15, 0.2) is 0 Å². The van der Waals surface area contributed by atoms with Crippen molar-refractivity contribution in [1.82, 2.24) is 4.98 Å². The summed E-state index contributed by atoms with van der Waals surface area (Å²) in [6.45, 7) is 5.08. The van der Waals surface area contributed by atoms with Gasteiger partial charge in [0.2, 0.25) is 0 Å². The highest BCUT2D eigenvalue weighted by Crippen LogP contribution is 2.35. The number of thiazole rings is 1. The molecule has 27 heavy (non-hydrogen) atoms. The minimum absolute atomic E-state index is 0.649. The highest BCUT2D eigenvalue weighted by atomic mass is 32.1. The van der Waals surface area contributed by atoms with Crippen molar-refractivity contribution >= 4 is 11.3 Å². The summed E-state index contributed by atoms with van der Waals surface area (Å²) in [5.41, 5.74) is 5.15. The molecule has 0 fully saturated rings. The Balaban J connectivity index is 1.41. The fourth-order valence-corrected chi connectivity index (χ4v) is 4.66. The molecule has 0 amide bonds. The summed E-state index contributed by atoms with van der Waals surface area (Å²) in [7, 11) is 1.69. The first kappa shape index (κ1) is 18.1. The number of ether oxygens (including phenoxy) is 2. The third-order valence-electron chi connectivity index (χ3n) is 5.31. The van der Waals surface area contributed by atoms with Crippen LogP contribution in [-0.2, 0) is 12.8 Å². The van der Waals surface area contributed by atoms with Crippen LogP contribution in [0.25, 0.3) is 10.6 Å². The van der Waals surface area contributed by atoms with E-state index in [1.807, 2.05) is 18.2 Å². The maximum absolute atomic E-state index is 6.02. The molecule has 4 heteroatoms. The fraction of sp³-hybridized carbons (Fsp3) is 0.348. The first-order chi connectivity index (χ1) is 13.1. The van der Waals surface area contributed by atoms with Crippen LogP contribution in [0.2, 0.25) is 0 Å². The molecule has 0 radical (unpaired) electrons. The monoisotopic (exact) mass is 379 g/mol. The van der Waals surface area contributed by atoms with Gasteiger partial charge in [0.1, 0.15) is 16.5 Å². The predicted octanol–water partition coefficient (Wildman–Crippen LogP) is 5.80. The summed E-state index contributed by atoms with van der Waals surface area (Å²) in [6, 6.07) is 14.6. The molecule has 0 spiro atoms. The molecule has 2 aromatic carbocycles. The van der Waals surface area contributed by atoms with Crippen LogP contribution < -0.4 is 9.47 Å². The first-order valence-electron chi connectivity index (χ1n) is 9.50. The van der Waals surface area contributed by atoms with Crippen molar-refractivity contribution in [3.8, 4) is 22.1 Å². The zero-order chi connectivity index (χ0) is 18.8. The number of fused-ring (bicyclic) bond motifs is 1. The van der Waals surface area contributed by atoms with Crippen molar-refractivity contribution in [3.05, 3.63) is 64.2 Å². The average Bonchev–Trinajstić information content (AvgIpc) is 3.25. The lowest BCUT2D eigenvalue weighted by molar-refractivity contribution is 0.320. The zero-order valence-electron chi connectivity index (χ0n) is 16.1. The van der Waals surface area contributed by atoms with Crippen molar-refractivity contribution in [2.75, 3.05) is 13.7 Å². The molecule has 3 nitrogen and oxygen atoms in total. The number of methoxy groups -OCH3 is 1. The van der Waals surface area contributed by atoms with E-state index in [1.165, 1.54) is 28.8 Å². The van der Waals surface area contributed by atoms with E-state index in [0.717, 1.165) is 34.2 Å². The molecule has 1 aromatic heterocycles. The maximum atomic E-state index is 6.02. The van der Waals surface area contributed by atoms with Crippen molar-refractivity contribution in [3.63, 3.8) is 0 Å². The summed E-state index contributed by atoms with van der Waals surface area (Å²) in [5.74, 6) is 2.52. The van der Waals surface area contributed by atoms with Crippen molar-refractivity contribution in [2.24, 2.45) is 0 Å². The predicted molar refractivity (Wildman–Crippen MR) is 111 cm³/mol. The fourth-order valence-electron chi connectivity index (χ4n) is 3.70. The molecule has 1 aliphatic carbocycles. The molecule has 1 aliphatic rings. The van der Waals surface area contributed by atoms with E-state index in [0.29, 0.717) is 12.5 Å². The summed E-state index contributed by atoms with van der Waals surface area (Å²) in [4.78, 5) is 6.09. The van der Waals surface area contributed by atoms with Gasteiger partial charge in [0.25, 0.3) is 0 Å².